The van der Waals surface area contributed by atoms with Crippen molar-refractivity contribution >= 4 is 0 Å². The van der Waals surface area contributed by atoms with Crippen LogP contribution in [-0.4, -0.2) is 58.6 Å². The summed E-state index contributed by atoms with van der Waals surface area (Å²) in [4.78, 5) is 15.0. The highest BCUT2D eigenvalue weighted by molar-refractivity contribution is 5.82. The van der Waals surface area contributed by atoms with Gasteiger partial charge in [0.15, 0.2) is 17.2 Å². The van der Waals surface area contributed by atoms with Gasteiger partial charge >= 0.3 is 0 Å². The molecule has 7 nitrogen and oxygen atoms in total. The van der Waals surface area contributed by atoms with E-state index in [2.05, 4.69) is 16.7 Å². The SMILES string of the molecule is COc1cc2c(c(OC)c1OC)-c1ccc(OC)c(=O)cc1[C@@H](N(C)CC#CCO)CC2. The third-order valence-electron chi connectivity index (χ3n) is 5.75. The van der Waals surface area contributed by atoms with E-state index in [1.165, 1.54) is 7.11 Å². The van der Waals surface area contributed by atoms with Gasteiger partial charge in [0.2, 0.25) is 11.2 Å². The predicted octanol–water partition coefficient (Wildman–Crippen LogP) is 2.66. The highest BCUT2D eigenvalue weighted by Gasteiger charge is 2.30. The number of aliphatic hydroxyl groups is 1. The molecule has 0 amide bonds. The lowest BCUT2D eigenvalue weighted by Crippen LogP contribution is -2.26. The number of fused-ring (bicyclic) bond motifs is 3. The van der Waals surface area contributed by atoms with Crippen molar-refractivity contribution in [2.24, 2.45) is 0 Å². The molecule has 0 heterocycles. The van der Waals surface area contributed by atoms with Crippen molar-refractivity contribution in [2.45, 2.75) is 18.9 Å². The van der Waals surface area contributed by atoms with Crippen molar-refractivity contribution in [3.63, 3.8) is 0 Å². The van der Waals surface area contributed by atoms with E-state index in [0.29, 0.717) is 23.8 Å². The van der Waals surface area contributed by atoms with Gasteiger partial charge in [0.25, 0.3) is 0 Å². The van der Waals surface area contributed by atoms with Crippen LogP contribution in [0.4, 0.5) is 0 Å². The molecule has 0 fully saturated rings. The topological polar surface area (TPSA) is 77.5 Å². The van der Waals surface area contributed by atoms with Gasteiger partial charge in [-0.2, -0.15) is 0 Å². The molecule has 0 saturated heterocycles. The monoisotopic (exact) mass is 439 g/mol. The number of hydrogen-bond donors (Lipinski definition) is 1. The summed E-state index contributed by atoms with van der Waals surface area (Å²) in [6, 6.07) is 7.11. The van der Waals surface area contributed by atoms with E-state index in [9.17, 15) is 4.79 Å². The second-order valence-electron chi connectivity index (χ2n) is 7.44. The van der Waals surface area contributed by atoms with Gasteiger partial charge in [0, 0.05) is 11.6 Å². The molecular weight excluding hydrogens is 410 g/mol. The summed E-state index contributed by atoms with van der Waals surface area (Å²) in [5.41, 5.74) is 3.43. The maximum atomic E-state index is 12.9. The largest absolute Gasteiger partial charge is 0.493 e. The van der Waals surface area contributed by atoms with E-state index >= 15 is 0 Å². The molecule has 0 saturated carbocycles. The quantitative estimate of drug-likeness (QED) is 0.694. The van der Waals surface area contributed by atoms with Crippen LogP contribution in [0.25, 0.3) is 11.1 Å². The minimum absolute atomic E-state index is 0.0862. The number of aliphatic hydroxyl groups excluding tert-OH is 1. The molecule has 2 aromatic carbocycles. The molecule has 0 unspecified atom stereocenters. The molecule has 0 aromatic heterocycles. The van der Waals surface area contributed by atoms with Crippen molar-refractivity contribution in [1.29, 1.82) is 0 Å². The number of methoxy groups -OCH3 is 4. The Morgan fingerprint density at radius 1 is 1.00 bits per heavy atom. The van der Waals surface area contributed by atoms with Crippen molar-refractivity contribution < 1.29 is 24.1 Å². The molecular formula is C25H29NO6. The Balaban J connectivity index is 2.34. The van der Waals surface area contributed by atoms with Gasteiger partial charge in [-0.3, -0.25) is 9.69 Å². The molecule has 7 heteroatoms. The summed E-state index contributed by atoms with van der Waals surface area (Å²) >= 11 is 0. The van der Waals surface area contributed by atoms with Crippen LogP contribution in [0.3, 0.4) is 0 Å². The Labute approximate surface area is 188 Å². The zero-order valence-corrected chi connectivity index (χ0v) is 19.2. The number of rotatable bonds is 6. The predicted molar refractivity (Wildman–Crippen MR) is 123 cm³/mol. The van der Waals surface area contributed by atoms with E-state index in [1.807, 2.05) is 19.2 Å². The third kappa shape index (κ3) is 4.38. The molecule has 2 aromatic rings. The fourth-order valence-electron chi connectivity index (χ4n) is 4.25. The van der Waals surface area contributed by atoms with Crippen molar-refractivity contribution in [3.8, 4) is 46.0 Å². The number of ether oxygens (including phenoxy) is 4. The lowest BCUT2D eigenvalue weighted by molar-refractivity contribution is 0.262. The van der Waals surface area contributed by atoms with Crippen LogP contribution in [0.5, 0.6) is 23.0 Å². The average molecular weight is 440 g/mol. The molecule has 32 heavy (non-hydrogen) atoms. The first-order valence-electron chi connectivity index (χ1n) is 10.3. The van der Waals surface area contributed by atoms with Crippen molar-refractivity contribution in [3.05, 3.63) is 45.6 Å². The smallest absolute Gasteiger partial charge is 0.220 e. The van der Waals surface area contributed by atoms with Gasteiger partial charge in [-0.15, -0.1) is 0 Å². The minimum Gasteiger partial charge on any atom is -0.493 e. The maximum Gasteiger partial charge on any atom is 0.220 e. The van der Waals surface area contributed by atoms with Crippen LogP contribution in [0.1, 0.15) is 23.6 Å². The van der Waals surface area contributed by atoms with Crippen LogP contribution < -0.4 is 24.4 Å². The standard InChI is InChI=1S/C25H29NO6/c1-26(12-6-7-13-27)19-10-8-16-14-22(30-3)24(31-4)25(32-5)23(16)17-9-11-21(29-2)20(28)15-18(17)19/h9,11,14-15,19,27H,8,10,12-13H2,1-5H3/t19-/m0/s1. The Kier molecular flexibility index (Phi) is 7.62. The zero-order chi connectivity index (χ0) is 23.3. The fourth-order valence-corrected chi connectivity index (χ4v) is 4.25. The van der Waals surface area contributed by atoms with Crippen molar-refractivity contribution in [1.82, 2.24) is 4.90 Å². The summed E-state index contributed by atoms with van der Waals surface area (Å²) in [5, 5.41) is 9.01. The Hall–Kier alpha value is -3.21. The van der Waals surface area contributed by atoms with Crippen LogP contribution >= 0.6 is 0 Å². The molecule has 170 valence electrons. The molecule has 1 aliphatic carbocycles. The van der Waals surface area contributed by atoms with E-state index in [0.717, 1.165) is 35.1 Å². The molecule has 1 atom stereocenters. The first kappa shape index (κ1) is 23.5. The Bertz CT molecular complexity index is 1100. The average Bonchev–Trinajstić information content (AvgIpc) is 3.05. The molecule has 0 aliphatic heterocycles. The molecule has 1 N–H and O–H groups in total. The summed E-state index contributed by atoms with van der Waals surface area (Å²) < 4.78 is 22.3. The molecule has 3 rings (SSSR count). The molecule has 0 spiro atoms. The minimum atomic E-state index is -0.198. The Morgan fingerprint density at radius 2 is 1.72 bits per heavy atom. The number of aryl methyl sites for hydroxylation is 1. The second kappa shape index (κ2) is 10.4. The summed E-state index contributed by atoms with van der Waals surface area (Å²) in [5.74, 6) is 7.57. The highest BCUT2D eigenvalue weighted by atomic mass is 16.5. The van der Waals surface area contributed by atoms with Gasteiger partial charge in [-0.25, -0.2) is 0 Å². The normalized spacial score (nSPS) is 14.4. The van der Waals surface area contributed by atoms with Gasteiger partial charge in [0.05, 0.1) is 35.0 Å². The molecule has 1 aliphatic rings. The van der Waals surface area contributed by atoms with Crippen molar-refractivity contribution in [2.75, 3.05) is 48.6 Å². The fraction of sp³-hybridized carbons (Fsp3) is 0.400. The zero-order valence-electron chi connectivity index (χ0n) is 19.2. The molecule has 0 radical (unpaired) electrons. The first-order valence-corrected chi connectivity index (χ1v) is 10.3. The van der Waals surface area contributed by atoms with Crippen LogP contribution in [-0.2, 0) is 6.42 Å². The summed E-state index contributed by atoms with van der Waals surface area (Å²) in [7, 11) is 8.21. The second-order valence-corrected chi connectivity index (χ2v) is 7.44. The summed E-state index contributed by atoms with van der Waals surface area (Å²) in [6.45, 7) is 0.267. The number of benzene rings is 1. The molecule has 0 bridgehead atoms. The Morgan fingerprint density at radius 3 is 2.34 bits per heavy atom. The van der Waals surface area contributed by atoms with Crippen LogP contribution in [0.2, 0.25) is 0 Å². The number of nitrogens with zero attached hydrogens (tertiary/aromatic N) is 1. The van der Waals surface area contributed by atoms with Gasteiger partial charge in [-0.1, -0.05) is 17.9 Å². The number of hydrogen-bond acceptors (Lipinski definition) is 7. The van der Waals surface area contributed by atoms with E-state index < -0.39 is 0 Å². The van der Waals surface area contributed by atoms with Gasteiger partial charge < -0.3 is 24.1 Å². The third-order valence-corrected chi connectivity index (χ3v) is 5.75. The van der Waals surface area contributed by atoms with E-state index in [-0.39, 0.29) is 23.8 Å². The van der Waals surface area contributed by atoms with Crippen LogP contribution in [0, 0.1) is 11.8 Å². The van der Waals surface area contributed by atoms with Crippen LogP contribution in [0.15, 0.2) is 29.1 Å². The maximum absolute atomic E-state index is 12.9. The van der Waals surface area contributed by atoms with Gasteiger partial charge in [0.1, 0.15) is 6.61 Å². The van der Waals surface area contributed by atoms with Gasteiger partial charge in [-0.05, 0) is 54.8 Å². The lowest BCUT2D eigenvalue weighted by Gasteiger charge is -2.26. The highest BCUT2D eigenvalue weighted by Crippen LogP contribution is 2.50. The van der Waals surface area contributed by atoms with E-state index in [4.69, 9.17) is 24.1 Å². The first-order chi connectivity index (χ1) is 15.5. The van der Waals surface area contributed by atoms with E-state index in [1.54, 1.807) is 33.5 Å². The summed E-state index contributed by atoms with van der Waals surface area (Å²) in [6.07, 6.45) is 1.49. The lowest BCUT2D eigenvalue weighted by atomic mass is 9.95.